The van der Waals surface area contributed by atoms with Gasteiger partial charge in [-0.15, -0.1) is 13.2 Å². The third kappa shape index (κ3) is 7.38. The van der Waals surface area contributed by atoms with E-state index < -0.39 is 59.6 Å². The van der Waals surface area contributed by atoms with Gasteiger partial charge in [0, 0.05) is 44.5 Å². The van der Waals surface area contributed by atoms with Gasteiger partial charge >= 0.3 is 5.97 Å². The summed E-state index contributed by atoms with van der Waals surface area (Å²) >= 11 is 0. The Morgan fingerprint density at radius 2 is 1.70 bits per heavy atom. The Hall–Kier alpha value is -4.48. The summed E-state index contributed by atoms with van der Waals surface area (Å²) in [6.07, 6.45) is 3.92. The molecule has 2 bridgehead atoms. The zero-order valence-corrected chi connectivity index (χ0v) is 31.9. The molecule has 11 nitrogen and oxygen atoms in total. The Bertz CT molecular complexity index is 1630. The molecule has 286 valence electrons. The maximum absolute atomic E-state index is 15.0. The van der Waals surface area contributed by atoms with Crippen LogP contribution in [-0.2, 0) is 28.7 Å². The molecule has 2 aromatic rings. The van der Waals surface area contributed by atoms with E-state index in [9.17, 15) is 24.3 Å². The molecule has 3 fully saturated rings. The first-order valence-electron chi connectivity index (χ1n) is 19.0. The molecule has 0 aromatic heterocycles. The van der Waals surface area contributed by atoms with Crippen molar-refractivity contribution >= 4 is 35.1 Å². The normalized spacial score (nSPS) is 24.6. The quantitative estimate of drug-likeness (QED) is 0.163. The lowest BCUT2D eigenvalue weighted by atomic mass is 9.70. The highest BCUT2D eigenvalue weighted by Gasteiger charge is 2.75. The SMILES string of the molecule is C=CCCC(=O)N(C)[C@H](C)[C@H](OC(=O)[C@@H]1[C@@H]2CC[C@]3(O2)[C@H](C(=O)N(CC=C)c2ccc(N(CC)CC)cc2)N([C@@H](CC)CO)C(=O)[C@@H]13)c1ccccc1. The summed E-state index contributed by atoms with van der Waals surface area (Å²) in [6.45, 7) is 17.0. The largest absolute Gasteiger partial charge is 0.455 e. The molecular weight excluding hydrogens is 672 g/mol. The van der Waals surface area contributed by atoms with Crippen molar-refractivity contribution in [2.24, 2.45) is 11.8 Å². The standard InChI is InChI=1S/C42H56N4O7/c1-8-13-19-34(48)43(7)28(6)37(29-17-15-14-16-18-29)52-41(51)35-33-24-25-42(53-33)36(35)39(49)46(30(10-3)27-47)38(42)40(50)45(26-9-2)32-22-20-31(21-23-32)44(11-4)12-5/h8-9,14-18,20-23,28,30,33,35-38,47H,1-2,10-13,19,24-27H2,3-7H3/t28-,30+,33+,35-,36-,37+,38+,42-/m1/s1. The van der Waals surface area contributed by atoms with Crippen LogP contribution in [-0.4, -0.2) is 102 Å². The van der Waals surface area contributed by atoms with E-state index >= 15 is 0 Å². The van der Waals surface area contributed by atoms with Crippen molar-refractivity contribution in [2.45, 2.75) is 95.7 Å². The van der Waals surface area contributed by atoms with Crippen molar-refractivity contribution in [1.82, 2.24) is 9.80 Å². The van der Waals surface area contributed by atoms with Crippen molar-refractivity contribution in [2.75, 3.05) is 43.1 Å². The van der Waals surface area contributed by atoms with Gasteiger partial charge < -0.3 is 34.2 Å². The van der Waals surface area contributed by atoms with Crippen LogP contribution in [0.15, 0.2) is 79.9 Å². The summed E-state index contributed by atoms with van der Waals surface area (Å²) in [6, 6.07) is 14.7. The van der Waals surface area contributed by atoms with Crippen LogP contribution < -0.4 is 9.80 Å². The predicted octanol–water partition coefficient (Wildman–Crippen LogP) is 5.29. The van der Waals surface area contributed by atoms with Crippen LogP contribution >= 0.6 is 0 Å². The smallest absolute Gasteiger partial charge is 0.313 e. The highest BCUT2D eigenvalue weighted by molar-refractivity contribution is 6.05. The van der Waals surface area contributed by atoms with Gasteiger partial charge in [0.2, 0.25) is 11.8 Å². The van der Waals surface area contributed by atoms with Gasteiger partial charge in [-0.2, -0.15) is 0 Å². The van der Waals surface area contributed by atoms with E-state index in [0.717, 1.165) is 18.8 Å². The van der Waals surface area contributed by atoms with Gasteiger partial charge in [-0.1, -0.05) is 49.4 Å². The maximum atomic E-state index is 15.0. The van der Waals surface area contributed by atoms with E-state index in [1.807, 2.05) is 68.4 Å². The van der Waals surface area contributed by atoms with E-state index in [4.69, 9.17) is 9.47 Å². The molecule has 2 aromatic carbocycles. The average Bonchev–Trinajstić information content (AvgIpc) is 3.83. The molecule has 1 N–H and O–H groups in total. The number of esters is 1. The minimum atomic E-state index is -1.29. The molecule has 0 radical (unpaired) electrons. The Morgan fingerprint density at radius 1 is 1.04 bits per heavy atom. The number of ether oxygens (including phenoxy) is 2. The number of rotatable bonds is 18. The second kappa shape index (κ2) is 17.1. The van der Waals surface area contributed by atoms with Crippen molar-refractivity contribution < 1.29 is 33.8 Å². The number of allylic oxidation sites excluding steroid dienone is 1. The molecular formula is C42H56N4O7. The summed E-state index contributed by atoms with van der Waals surface area (Å²) in [4.78, 5) is 64.2. The van der Waals surface area contributed by atoms with E-state index in [1.165, 1.54) is 4.90 Å². The number of benzene rings is 2. The van der Waals surface area contributed by atoms with E-state index in [0.29, 0.717) is 36.9 Å². The fourth-order valence-electron chi connectivity index (χ4n) is 8.60. The number of anilines is 2. The van der Waals surface area contributed by atoms with E-state index in [1.54, 1.807) is 29.0 Å². The molecule has 0 unspecified atom stereocenters. The minimum Gasteiger partial charge on any atom is -0.455 e. The molecule has 0 saturated carbocycles. The Morgan fingerprint density at radius 3 is 2.28 bits per heavy atom. The Kier molecular flexibility index (Phi) is 12.8. The van der Waals surface area contributed by atoms with Crippen LogP contribution in [0.2, 0.25) is 0 Å². The van der Waals surface area contributed by atoms with Crippen LogP contribution in [0.1, 0.15) is 71.5 Å². The Labute approximate surface area is 314 Å². The minimum absolute atomic E-state index is 0.110. The zero-order chi connectivity index (χ0) is 38.4. The molecule has 5 rings (SSSR count). The van der Waals surface area contributed by atoms with Crippen LogP contribution in [0, 0.1) is 11.8 Å². The molecule has 8 atom stereocenters. The van der Waals surface area contributed by atoms with Crippen LogP contribution in [0.3, 0.4) is 0 Å². The summed E-state index contributed by atoms with van der Waals surface area (Å²) in [7, 11) is 1.69. The second-order valence-electron chi connectivity index (χ2n) is 14.3. The van der Waals surface area contributed by atoms with Gasteiger partial charge in [0.05, 0.1) is 36.6 Å². The van der Waals surface area contributed by atoms with Crippen molar-refractivity contribution in [3.63, 3.8) is 0 Å². The van der Waals surface area contributed by atoms with Gasteiger partial charge in [-0.25, -0.2) is 0 Å². The highest BCUT2D eigenvalue weighted by Crippen LogP contribution is 2.59. The monoisotopic (exact) mass is 728 g/mol. The fraction of sp³-hybridized carbons (Fsp3) is 0.524. The number of likely N-dealkylation sites (N-methyl/N-ethyl adjacent to an activating group) is 1. The number of hydrogen-bond donors (Lipinski definition) is 1. The van der Waals surface area contributed by atoms with Crippen molar-refractivity contribution in [3.8, 4) is 0 Å². The molecule has 3 saturated heterocycles. The number of carbonyl (C=O) groups excluding carboxylic acids is 4. The maximum Gasteiger partial charge on any atom is 0.313 e. The first-order chi connectivity index (χ1) is 25.5. The van der Waals surface area contributed by atoms with Gasteiger partial charge in [-0.05, 0) is 76.3 Å². The summed E-state index contributed by atoms with van der Waals surface area (Å²) < 4.78 is 13.1. The number of aliphatic hydroxyl groups excluding tert-OH is 1. The molecule has 1 spiro atoms. The van der Waals surface area contributed by atoms with Crippen molar-refractivity contribution in [1.29, 1.82) is 0 Å². The summed E-state index contributed by atoms with van der Waals surface area (Å²) in [5.74, 6) is -3.44. The molecule has 3 aliphatic rings. The second-order valence-corrected chi connectivity index (χ2v) is 14.3. The van der Waals surface area contributed by atoms with Crippen LogP contribution in [0.4, 0.5) is 11.4 Å². The third-order valence-corrected chi connectivity index (χ3v) is 11.6. The first kappa shape index (κ1) is 39.7. The molecule has 11 heteroatoms. The zero-order valence-electron chi connectivity index (χ0n) is 31.9. The number of fused-ring (bicyclic) bond motifs is 1. The number of hydrogen-bond acceptors (Lipinski definition) is 8. The van der Waals surface area contributed by atoms with Gasteiger partial charge in [0.25, 0.3) is 5.91 Å². The molecule has 3 aliphatic heterocycles. The lowest BCUT2D eigenvalue weighted by molar-refractivity contribution is -0.165. The van der Waals surface area contributed by atoms with Crippen molar-refractivity contribution in [3.05, 3.63) is 85.5 Å². The predicted molar refractivity (Wildman–Crippen MR) is 205 cm³/mol. The Balaban J connectivity index is 1.50. The highest BCUT2D eigenvalue weighted by atomic mass is 16.6. The number of nitrogens with zero attached hydrogens (tertiary/aromatic N) is 4. The van der Waals surface area contributed by atoms with Gasteiger partial charge in [-0.3, -0.25) is 19.2 Å². The van der Waals surface area contributed by atoms with E-state index in [-0.39, 0.29) is 31.4 Å². The summed E-state index contributed by atoms with van der Waals surface area (Å²) in [5, 5.41) is 10.5. The third-order valence-electron chi connectivity index (χ3n) is 11.6. The van der Waals surface area contributed by atoms with Gasteiger partial charge in [0.1, 0.15) is 17.7 Å². The average molecular weight is 729 g/mol. The topological polar surface area (TPSA) is 120 Å². The summed E-state index contributed by atoms with van der Waals surface area (Å²) in [5.41, 5.74) is 1.09. The molecule has 53 heavy (non-hydrogen) atoms. The number of likely N-dealkylation sites (tertiary alicyclic amines) is 1. The fourth-order valence-corrected chi connectivity index (χ4v) is 8.60. The lowest BCUT2D eigenvalue weighted by Crippen LogP contribution is -2.59. The van der Waals surface area contributed by atoms with Gasteiger partial charge in [0.15, 0.2) is 0 Å². The number of aliphatic hydroxyl groups is 1. The van der Waals surface area contributed by atoms with Crippen LogP contribution in [0.25, 0.3) is 0 Å². The lowest BCUT2D eigenvalue weighted by Gasteiger charge is -2.39. The first-order valence-corrected chi connectivity index (χ1v) is 19.0. The van der Waals surface area contributed by atoms with E-state index in [2.05, 4.69) is 31.9 Å². The molecule has 3 amide bonds. The number of amides is 3. The molecule has 3 heterocycles. The molecule has 0 aliphatic carbocycles. The number of carbonyl (C=O) groups is 4. The van der Waals surface area contributed by atoms with Crippen LogP contribution in [0.5, 0.6) is 0 Å².